The zero-order chi connectivity index (χ0) is 23.4. The van der Waals surface area contributed by atoms with Crippen molar-refractivity contribution >= 4 is 15.9 Å². The summed E-state index contributed by atoms with van der Waals surface area (Å²) >= 11 is 0. The fourth-order valence-corrected chi connectivity index (χ4v) is 6.55. The molecule has 1 atom stereocenters. The molecule has 0 spiro atoms. The summed E-state index contributed by atoms with van der Waals surface area (Å²) in [7, 11) is -3.43. The number of hydrogen-bond acceptors (Lipinski definition) is 3. The Balaban J connectivity index is 1.37. The fraction of sp³-hybridized carbons (Fsp3) is 0.519. The van der Waals surface area contributed by atoms with Crippen LogP contribution in [0, 0.1) is 13.8 Å². The first kappa shape index (κ1) is 24.0. The molecule has 1 unspecified atom stereocenters. The van der Waals surface area contributed by atoms with E-state index < -0.39 is 10.0 Å². The zero-order valence-electron chi connectivity index (χ0n) is 19.9. The number of likely N-dealkylation sites (tertiary alicyclic amines) is 1. The second-order valence-electron chi connectivity index (χ2n) is 9.55. The van der Waals surface area contributed by atoms with Gasteiger partial charge in [0.25, 0.3) is 0 Å². The van der Waals surface area contributed by atoms with Gasteiger partial charge in [-0.3, -0.25) is 4.79 Å². The van der Waals surface area contributed by atoms with E-state index in [2.05, 4.69) is 32.0 Å². The van der Waals surface area contributed by atoms with Crippen LogP contribution in [0.25, 0.3) is 0 Å². The van der Waals surface area contributed by atoms with Gasteiger partial charge in [-0.2, -0.15) is 4.31 Å². The molecule has 2 saturated heterocycles. The molecule has 2 aromatic carbocycles. The van der Waals surface area contributed by atoms with Gasteiger partial charge < -0.3 is 4.90 Å². The van der Waals surface area contributed by atoms with Gasteiger partial charge in [0.15, 0.2) is 0 Å². The van der Waals surface area contributed by atoms with Crippen molar-refractivity contribution < 1.29 is 13.2 Å². The van der Waals surface area contributed by atoms with Gasteiger partial charge in [-0.25, -0.2) is 8.42 Å². The molecule has 33 heavy (non-hydrogen) atoms. The number of rotatable bonds is 6. The number of aryl methyl sites for hydroxylation is 3. The molecule has 178 valence electrons. The number of sulfonamides is 1. The maximum atomic E-state index is 13.0. The zero-order valence-corrected chi connectivity index (χ0v) is 20.7. The number of carbonyl (C=O) groups excluding carboxylic acids is 1. The maximum absolute atomic E-state index is 13.0. The Hall–Kier alpha value is -2.18. The third-order valence-electron chi connectivity index (χ3n) is 7.24. The van der Waals surface area contributed by atoms with E-state index in [9.17, 15) is 13.2 Å². The summed E-state index contributed by atoms with van der Waals surface area (Å²) in [6.07, 6.45) is 7.17. The van der Waals surface area contributed by atoms with E-state index in [0.29, 0.717) is 30.8 Å². The van der Waals surface area contributed by atoms with Crippen LogP contribution in [-0.2, 0) is 21.2 Å². The highest BCUT2D eigenvalue weighted by atomic mass is 32.2. The first-order chi connectivity index (χ1) is 15.9. The molecule has 0 saturated carbocycles. The minimum atomic E-state index is -3.43. The predicted molar refractivity (Wildman–Crippen MR) is 132 cm³/mol. The summed E-state index contributed by atoms with van der Waals surface area (Å²) in [5, 5.41) is 0. The molecule has 2 aliphatic rings. The van der Waals surface area contributed by atoms with Gasteiger partial charge in [-0.15, -0.1) is 0 Å². The van der Waals surface area contributed by atoms with Crippen LogP contribution >= 0.6 is 0 Å². The molecule has 0 aliphatic carbocycles. The maximum Gasteiger partial charge on any atom is 0.243 e. The third-order valence-corrected chi connectivity index (χ3v) is 9.16. The largest absolute Gasteiger partial charge is 0.336 e. The molecule has 4 rings (SSSR count). The predicted octanol–water partition coefficient (Wildman–Crippen LogP) is 5.16. The summed E-state index contributed by atoms with van der Waals surface area (Å²) in [5.74, 6) is 0.178. The summed E-state index contributed by atoms with van der Waals surface area (Å²) in [5.41, 5.74) is 4.77. The van der Waals surface area contributed by atoms with E-state index in [1.165, 1.54) is 16.7 Å². The first-order valence-electron chi connectivity index (χ1n) is 12.3. The van der Waals surface area contributed by atoms with Crippen LogP contribution in [0.5, 0.6) is 0 Å². The minimum absolute atomic E-state index is 0.165. The van der Waals surface area contributed by atoms with Gasteiger partial charge in [0, 0.05) is 26.1 Å². The molecule has 0 aromatic heterocycles. The molecular weight excluding hydrogens is 432 g/mol. The van der Waals surface area contributed by atoms with Crippen molar-refractivity contribution in [1.82, 2.24) is 9.21 Å². The number of benzene rings is 2. The Labute approximate surface area is 198 Å². The summed E-state index contributed by atoms with van der Waals surface area (Å²) in [6, 6.07) is 13.8. The molecule has 2 aliphatic heterocycles. The van der Waals surface area contributed by atoms with Crippen molar-refractivity contribution in [3.8, 4) is 0 Å². The van der Waals surface area contributed by atoms with Crippen molar-refractivity contribution in [1.29, 1.82) is 0 Å². The molecule has 2 aromatic rings. The number of amides is 1. The molecule has 0 radical (unpaired) electrons. The minimum Gasteiger partial charge on any atom is -0.336 e. The normalized spacial score (nSPS) is 20.1. The lowest BCUT2D eigenvalue weighted by Gasteiger charge is -2.26. The topological polar surface area (TPSA) is 57.7 Å². The smallest absolute Gasteiger partial charge is 0.243 e. The SMILES string of the molecule is Cc1ccc(C2CCCN2C(=O)CCc2ccc(S(=O)(=O)N3CCCCCC3)cc2)cc1C. The van der Waals surface area contributed by atoms with Gasteiger partial charge in [0.2, 0.25) is 15.9 Å². The van der Waals surface area contributed by atoms with E-state index in [1.54, 1.807) is 16.4 Å². The van der Waals surface area contributed by atoms with Crippen molar-refractivity contribution in [3.63, 3.8) is 0 Å². The number of hydrogen-bond donors (Lipinski definition) is 0. The summed E-state index contributed by atoms with van der Waals surface area (Å²) < 4.78 is 27.6. The highest BCUT2D eigenvalue weighted by molar-refractivity contribution is 7.89. The molecule has 5 nitrogen and oxygen atoms in total. The van der Waals surface area contributed by atoms with E-state index >= 15 is 0 Å². The molecule has 2 heterocycles. The average molecular weight is 469 g/mol. The van der Waals surface area contributed by atoms with Crippen LogP contribution in [-0.4, -0.2) is 43.2 Å². The van der Waals surface area contributed by atoms with E-state index in [1.807, 2.05) is 17.0 Å². The number of carbonyl (C=O) groups is 1. The average Bonchev–Trinajstić information content (AvgIpc) is 3.13. The molecule has 1 amide bonds. The summed E-state index contributed by atoms with van der Waals surface area (Å²) in [6.45, 7) is 6.26. The van der Waals surface area contributed by atoms with Gasteiger partial charge >= 0.3 is 0 Å². The molecular formula is C27H36N2O3S. The Morgan fingerprint density at radius 3 is 2.24 bits per heavy atom. The van der Waals surface area contributed by atoms with Crippen LogP contribution in [0.4, 0.5) is 0 Å². The van der Waals surface area contributed by atoms with E-state index in [4.69, 9.17) is 0 Å². The second kappa shape index (κ2) is 10.4. The van der Waals surface area contributed by atoms with Crippen molar-refractivity contribution in [3.05, 3.63) is 64.7 Å². The van der Waals surface area contributed by atoms with Gasteiger partial charge in [0.05, 0.1) is 10.9 Å². The van der Waals surface area contributed by atoms with Crippen LogP contribution in [0.3, 0.4) is 0 Å². The Kier molecular flexibility index (Phi) is 7.55. The van der Waals surface area contributed by atoms with E-state index in [0.717, 1.165) is 50.6 Å². The number of nitrogens with zero attached hydrogens (tertiary/aromatic N) is 2. The van der Waals surface area contributed by atoms with Crippen molar-refractivity contribution in [2.45, 2.75) is 76.2 Å². The van der Waals surface area contributed by atoms with Crippen LogP contribution in [0.15, 0.2) is 47.4 Å². The van der Waals surface area contributed by atoms with E-state index in [-0.39, 0.29) is 11.9 Å². The highest BCUT2D eigenvalue weighted by Gasteiger charge is 2.30. The second-order valence-corrected chi connectivity index (χ2v) is 11.5. The van der Waals surface area contributed by atoms with Crippen LogP contribution in [0.2, 0.25) is 0 Å². The van der Waals surface area contributed by atoms with Crippen molar-refractivity contribution in [2.75, 3.05) is 19.6 Å². The lowest BCUT2D eigenvalue weighted by atomic mass is 9.99. The Bertz CT molecular complexity index is 1070. The molecule has 2 fully saturated rings. The van der Waals surface area contributed by atoms with Gasteiger partial charge in [-0.1, -0.05) is 43.2 Å². The first-order valence-corrected chi connectivity index (χ1v) is 13.8. The Morgan fingerprint density at radius 2 is 1.58 bits per heavy atom. The fourth-order valence-electron chi connectivity index (χ4n) is 5.04. The lowest BCUT2D eigenvalue weighted by Crippen LogP contribution is -2.32. The lowest BCUT2D eigenvalue weighted by molar-refractivity contribution is -0.132. The standard InChI is InChI=1S/C27H36N2O3S/c1-21-9-13-24(20-22(21)2)26-8-7-19-29(26)27(30)16-12-23-10-14-25(15-11-23)33(31,32)28-17-5-3-4-6-18-28/h9-11,13-15,20,26H,3-8,12,16-19H2,1-2H3. The molecule has 6 heteroatoms. The molecule has 0 bridgehead atoms. The van der Waals surface area contributed by atoms with Gasteiger partial charge in [0.1, 0.15) is 0 Å². The Morgan fingerprint density at radius 1 is 0.879 bits per heavy atom. The quantitative estimate of drug-likeness (QED) is 0.588. The van der Waals surface area contributed by atoms with Crippen molar-refractivity contribution in [2.24, 2.45) is 0 Å². The van der Waals surface area contributed by atoms with Gasteiger partial charge in [-0.05, 0) is 80.3 Å². The van der Waals surface area contributed by atoms with Crippen LogP contribution < -0.4 is 0 Å². The highest BCUT2D eigenvalue weighted by Crippen LogP contribution is 2.33. The third kappa shape index (κ3) is 5.49. The summed E-state index contributed by atoms with van der Waals surface area (Å²) in [4.78, 5) is 15.4. The molecule has 0 N–H and O–H groups in total. The van der Waals surface area contributed by atoms with Crippen LogP contribution in [0.1, 0.15) is 73.2 Å². The monoisotopic (exact) mass is 468 g/mol.